The summed E-state index contributed by atoms with van der Waals surface area (Å²) < 4.78 is 8.43. The highest BCUT2D eigenvalue weighted by molar-refractivity contribution is 9.11. The van der Waals surface area contributed by atoms with Gasteiger partial charge in [0.25, 0.3) is 0 Å². The molecule has 0 bridgehead atoms. The van der Waals surface area contributed by atoms with Gasteiger partial charge in [-0.2, -0.15) is 0 Å². The molecule has 3 aromatic rings. The number of anilines is 1. The predicted molar refractivity (Wildman–Crippen MR) is 91.7 cm³/mol. The minimum atomic E-state index is 0.564. The molecule has 3 rings (SSSR count). The van der Waals surface area contributed by atoms with Crippen molar-refractivity contribution in [1.29, 1.82) is 0 Å². The number of nitrogens with zero attached hydrogens (tertiary/aromatic N) is 1. The summed E-state index contributed by atoms with van der Waals surface area (Å²) in [4.78, 5) is 4.56. The minimum absolute atomic E-state index is 0.564. The first kappa shape index (κ1) is 14.1. The van der Waals surface area contributed by atoms with Crippen LogP contribution in [0.15, 0.2) is 42.1 Å². The topological polar surface area (TPSA) is 52.0 Å². The number of aromatic nitrogens is 1. The molecule has 1 aromatic heterocycles. The highest BCUT2D eigenvalue weighted by Crippen LogP contribution is 2.41. The van der Waals surface area contributed by atoms with Gasteiger partial charge in [0.15, 0.2) is 5.58 Å². The maximum absolute atomic E-state index is 6.04. The zero-order chi connectivity index (χ0) is 14.4. The van der Waals surface area contributed by atoms with Crippen molar-refractivity contribution in [3.63, 3.8) is 0 Å². The number of hydrogen-bond acceptors (Lipinski definition) is 3. The molecular formula is C14H9Br3N2O. The van der Waals surface area contributed by atoms with Gasteiger partial charge in [0.2, 0.25) is 5.89 Å². The van der Waals surface area contributed by atoms with Crippen molar-refractivity contribution in [1.82, 2.24) is 4.98 Å². The molecule has 0 radical (unpaired) electrons. The van der Waals surface area contributed by atoms with E-state index >= 15 is 0 Å². The maximum Gasteiger partial charge on any atom is 0.228 e. The number of fused-ring (bicyclic) bond motifs is 1. The van der Waals surface area contributed by atoms with Crippen molar-refractivity contribution in [3.05, 3.63) is 43.2 Å². The largest absolute Gasteiger partial charge is 0.436 e. The van der Waals surface area contributed by atoms with Crippen LogP contribution in [0.25, 0.3) is 22.6 Å². The smallest absolute Gasteiger partial charge is 0.228 e. The van der Waals surface area contributed by atoms with Crippen molar-refractivity contribution in [2.75, 3.05) is 5.73 Å². The van der Waals surface area contributed by atoms with Crippen molar-refractivity contribution >= 4 is 64.6 Å². The Morgan fingerprint density at radius 2 is 1.80 bits per heavy atom. The highest BCUT2D eigenvalue weighted by Gasteiger charge is 2.19. The number of nitrogens with two attached hydrogens (primary N) is 1. The molecule has 20 heavy (non-hydrogen) atoms. The van der Waals surface area contributed by atoms with Gasteiger partial charge in [-0.25, -0.2) is 4.98 Å². The van der Waals surface area contributed by atoms with Crippen LogP contribution in [0, 0.1) is 6.92 Å². The molecule has 0 amide bonds. The normalized spacial score (nSPS) is 11.2. The van der Waals surface area contributed by atoms with Gasteiger partial charge in [0, 0.05) is 14.5 Å². The number of aryl methyl sites for hydroxylation is 1. The average molecular weight is 461 g/mol. The van der Waals surface area contributed by atoms with Gasteiger partial charge in [-0.05, 0) is 66.8 Å². The molecule has 0 aliphatic rings. The summed E-state index contributed by atoms with van der Waals surface area (Å²) in [6.07, 6.45) is 0. The third-order valence-corrected chi connectivity index (χ3v) is 5.60. The molecule has 0 unspecified atom stereocenters. The maximum atomic E-state index is 6.04. The van der Waals surface area contributed by atoms with Crippen molar-refractivity contribution in [3.8, 4) is 11.5 Å². The SMILES string of the molecule is Cc1c(Br)c(N)c(Br)c2nc(-c3ccccc3Br)oc12. The summed E-state index contributed by atoms with van der Waals surface area (Å²) in [5.74, 6) is 0.564. The molecule has 2 N–H and O–H groups in total. The Balaban J connectivity index is 2.35. The molecule has 0 aliphatic carbocycles. The van der Waals surface area contributed by atoms with Crippen molar-refractivity contribution in [2.24, 2.45) is 0 Å². The lowest BCUT2D eigenvalue weighted by Gasteiger charge is -2.05. The Hall–Kier alpha value is -0.850. The van der Waals surface area contributed by atoms with Gasteiger partial charge in [0.05, 0.1) is 15.7 Å². The lowest BCUT2D eigenvalue weighted by molar-refractivity contribution is 0.616. The monoisotopic (exact) mass is 458 g/mol. The van der Waals surface area contributed by atoms with Crippen LogP contribution in [0.5, 0.6) is 0 Å². The molecule has 0 fully saturated rings. The zero-order valence-corrected chi connectivity index (χ0v) is 15.1. The van der Waals surface area contributed by atoms with Gasteiger partial charge in [-0.3, -0.25) is 0 Å². The first-order valence-electron chi connectivity index (χ1n) is 5.79. The van der Waals surface area contributed by atoms with E-state index in [-0.39, 0.29) is 0 Å². The minimum Gasteiger partial charge on any atom is -0.436 e. The summed E-state index contributed by atoms with van der Waals surface area (Å²) in [6, 6.07) is 7.81. The van der Waals surface area contributed by atoms with Crippen LogP contribution < -0.4 is 5.73 Å². The summed E-state index contributed by atoms with van der Waals surface area (Å²) in [5.41, 5.74) is 9.97. The zero-order valence-electron chi connectivity index (χ0n) is 10.4. The van der Waals surface area contributed by atoms with E-state index in [0.29, 0.717) is 11.6 Å². The predicted octanol–water partition coefficient (Wildman–Crippen LogP) is 5.67. The number of oxazole rings is 1. The molecule has 0 atom stereocenters. The van der Waals surface area contributed by atoms with E-state index in [1.165, 1.54) is 0 Å². The van der Waals surface area contributed by atoms with Crippen LogP contribution in [0.4, 0.5) is 5.69 Å². The second-order valence-electron chi connectivity index (χ2n) is 4.34. The fourth-order valence-electron chi connectivity index (χ4n) is 2.00. The van der Waals surface area contributed by atoms with E-state index in [1.807, 2.05) is 31.2 Å². The lowest BCUT2D eigenvalue weighted by Crippen LogP contribution is -1.92. The molecule has 1 heterocycles. The van der Waals surface area contributed by atoms with Gasteiger partial charge < -0.3 is 10.2 Å². The molecule has 0 saturated heterocycles. The Morgan fingerprint density at radius 3 is 2.50 bits per heavy atom. The third kappa shape index (κ3) is 2.10. The van der Waals surface area contributed by atoms with Crippen LogP contribution >= 0.6 is 47.8 Å². The van der Waals surface area contributed by atoms with Crippen molar-refractivity contribution < 1.29 is 4.42 Å². The molecule has 2 aromatic carbocycles. The third-order valence-electron chi connectivity index (χ3n) is 3.08. The number of halogens is 3. The van der Waals surface area contributed by atoms with E-state index in [4.69, 9.17) is 10.2 Å². The van der Waals surface area contributed by atoms with Gasteiger partial charge in [0.1, 0.15) is 5.52 Å². The quantitative estimate of drug-likeness (QED) is 0.476. The van der Waals surface area contributed by atoms with Gasteiger partial charge in [-0.15, -0.1) is 0 Å². The van der Waals surface area contributed by atoms with E-state index in [1.54, 1.807) is 0 Å². The number of benzene rings is 2. The molecule has 0 saturated carbocycles. The summed E-state index contributed by atoms with van der Waals surface area (Å²) in [5, 5.41) is 0. The van der Waals surface area contributed by atoms with Crippen LogP contribution in [0.3, 0.4) is 0 Å². The van der Waals surface area contributed by atoms with Gasteiger partial charge >= 0.3 is 0 Å². The number of nitrogen functional groups attached to an aromatic ring is 1. The van der Waals surface area contributed by atoms with Crippen LogP contribution in [-0.2, 0) is 0 Å². The van der Waals surface area contributed by atoms with E-state index in [9.17, 15) is 0 Å². The Morgan fingerprint density at radius 1 is 1.10 bits per heavy atom. The Kier molecular flexibility index (Phi) is 3.64. The molecule has 0 spiro atoms. The van der Waals surface area contributed by atoms with Gasteiger partial charge in [-0.1, -0.05) is 12.1 Å². The molecule has 6 heteroatoms. The lowest BCUT2D eigenvalue weighted by atomic mass is 10.2. The first-order chi connectivity index (χ1) is 9.50. The fourth-order valence-corrected chi connectivity index (χ4v) is 3.56. The highest BCUT2D eigenvalue weighted by atomic mass is 79.9. The first-order valence-corrected chi connectivity index (χ1v) is 8.17. The second-order valence-corrected chi connectivity index (χ2v) is 6.78. The van der Waals surface area contributed by atoms with E-state index in [2.05, 4.69) is 52.8 Å². The van der Waals surface area contributed by atoms with Crippen LogP contribution in [0.1, 0.15) is 5.56 Å². The molecule has 3 nitrogen and oxygen atoms in total. The van der Waals surface area contributed by atoms with Crippen LogP contribution in [-0.4, -0.2) is 4.98 Å². The fraction of sp³-hybridized carbons (Fsp3) is 0.0714. The summed E-state index contributed by atoms with van der Waals surface area (Å²) >= 11 is 10.5. The van der Waals surface area contributed by atoms with Crippen molar-refractivity contribution in [2.45, 2.75) is 6.92 Å². The number of hydrogen-bond donors (Lipinski definition) is 1. The molecule has 0 aliphatic heterocycles. The molecule has 102 valence electrons. The number of rotatable bonds is 1. The summed E-state index contributed by atoms with van der Waals surface area (Å²) in [7, 11) is 0. The van der Waals surface area contributed by atoms with E-state index < -0.39 is 0 Å². The Bertz CT molecular complexity index is 782. The molecular weight excluding hydrogens is 452 g/mol. The summed E-state index contributed by atoms with van der Waals surface area (Å²) in [6.45, 7) is 1.95. The average Bonchev–Trinajstić information content (AvgIpc) is 2.88. The second kappa shape index (κ2) is 5.16. The standard InChI is InChI=1S/C14H9Br3N2O/c1-6-9(16)11(18)10(17)12-13(6)20-14(19-12)7-4-2-3-5-8(7)15/h2-5H,18H2,1H3. The van der Waals surface area contributed by atoms with E-state index in [0.717, 1.165) is 35.6 Å². The Labute approximate surface area is 140 Å². The van der Waals surface area contributed by atoms with Crippen LogP contribution in [0.2, 0.25) is 0 Å².